The fraction of sp³-hybridized carbons (Fsp3) is 0.778. The Balaban J connectivity index is 1.98. The van der Waals surface area contributed by atoms with Crippen molar-refractivity contribution in [3.63, 3.8) is 0 Å². The first-order valence-electron chi connectivity index (χ1n) is 4.86. The molecule has 0 unspecified atom stereocenters. The van der Waals surface area contributed by atoms with E-state index in [1.54, 1.807) is 0 Å². The Morgan fingerprint density at radius 2 is 2.46 bits per heavy atom. The molecule has 3 aliphatic heterocycles. The molecule has 0 aromatic rings. The lowest BCUT2D eigenvalue weighted by molar-refractivity contribution is -0.133. The summed E-state index contributed by atoms with van der Waals surface area (Å²) in [5.74, 6) is 1.21. The highest BCUT2D eigenvalue weighted by molar-refractivity contribution is 6.02. The van der Waals surface area contributed by atoms with Crippen LogP contribution in [0, 0.1) is 5.92 Å². The number of amides is 1. The molecule has 0 aromatic carbocycles. The van der Waals surface area contributed by atoms with Gasteiger partial charge in [-0.15, -0.1) is 0 Å². The van der Waals surface area contributed by atoms with Gasteiger partial charge in [0.2, 0.25) is 5.91 Å². The fourth-order valence-electron chi connectivity index (χ4n) is 2.33. The monoisotopic (exact) mass is 180 g/mol. The number of nitrogens with zero attached hydrogens (tertiary/aromatic N) is 2. The summed E-state index contributed by atoms with van der Waals surface area (Å²) in [6.45, 7) is 1.55. The Kier molecular flexibility index (Phi) is 1.47. The highest BCUT2D eigenvalue weighted by atomic mass is 16.5. The molecule has 13 heavy (non-hydrogen) atoms. The van der Waals surface area contributed by atoms with Crippen molar-refractivity contribution in [2.24, 2.45) is 10.9 Å². The van der Waals surface area contributed by atoms with E-state index in [4.69, 9.17) is 4.74 Å². The SMILES string of the molecule is O=C1[C@H]2CCO[C@H]2N=C2CCCN12. The molecule has 0 aliphatic carbocycles. The molecule has 1 amide bonds. The summed E-state index contributed by atoms with van der Waals surface area (Å²) in [6, 6.07) is 0. The number of hydrogen-bond donors (Lipinski definition) is 0. The van der Waals surface area contributed by atoms with Crippen molar-refractivity contribution < 1.29 is 9.53 Å². The highest BCUT2D eigenvalue weighted by Gasteiger charge is 2.43. The van der Waals surface area contributed by atoms with Crippen LogP contribution in [0.15, 0.2) is 4.99 Å². The van der Waals surface area contributed by atoms with Gasteiger partial charge in [-0.1, -0.05) is 0 Å². The molecule has 3 aliphatic rings. The summed E-state index contributed by atoms with van der Waals surface area (Å²) in [5, 5.41) is 0. The van der Waals surface area contributed by atoms with Gasteiger partial charge in [-0.2, -0.15) is 0 Å². The third-order valence-corrected chi connectivity index (χ3v) is 3.01. The maximum absolute atomic E-state index is 11.9. The molecule has 0 bridgehead atoms. The first-order chi connectivity index (χ1) is 6.36. The average molecular weight is 180 g/mol. The summed E-state index contributed by atoms with van der Waals surface area (Å²) in [6.07, 6.45) is 2.69. The molecule has 0 spiro atoms. The van der Waals surface area contributed by atoms with Crippen LogP contribution in [0.2, 0.25) is 0 Å². The summed E-state index contributed by atoms with van der Waals surface area (Å²) in [4.78, 5) is 18.2. The first kappa shape index (κ1) is 7.50. The summed E-state index contributed by atoms with van der Waals surface area (Å²) in [5.41, 5.74) is 0. The third-order valence-electron chi connectivity index (χ3n) is 3.01. The van der Waals surface area contributed by atoms with Crippen molar-refractivity contribution in [3.8, 4) is 0 Å². The molecule has 2 saturated heterocycles. The zero-order valence-corrected chi connectivity index (χ0v) is 7.40. The topological polar surface area (TPSA) is 41.9 Å². The standard InChI is InChI=1S/C9H12N2O2/c12-9-6-3-5-13-8(6)10-7-2-1-4-11(7)9/h6,8H,1-5H2/t6-,8+/m0/s1. The van der Waals surface area contributed by atoms with Gasteiger partial charge in [0.05, 0.1) is 12.5 Å². The molecule has 70 valence electrons. The maximum atomic E-state index is 11.9. The van der Waals surface area contributed by atoms with E-state index in [1.807, 2.05) is 4.90 Å². The summed E-state index contributed by atoms with van der Waals surface area (Å²) >= 11 is 0. The smallest absolute Gasteiger partial charge is 0.235 e. The minimum Gasteiger partial charge on any atom is -0.356 e. The number of fused-ring (bicyclic) bond motifs is 2. The van der Waals surface area contributed by atoms with Gasteiger partial charge in [-0.3, -0.25) is 4.79 Å². The molecule has 4 nitrogen and oxygen atoms in total. The zero-order valence-electron chi connectivity index (χ0n) is 7.40. The van der Waals surface area contributed by atoms with E-state index in [9.17, 15) is 4.79 Å². The number of aliphatic imine (C=N–C) groups is 1. The van der Waals surface area contributed by atoms with Crippen molar-refractivity contribution in [3.05, 3.63) is 0 Å². The number of rotatable bonds is 0. The normalized spacial score (nSPS) is 37.4. The molecule has 0 N–H and O–H groups in total. The van der Waals surface area contributed by atoms with Crippen molar-refractivity contribution in [2.45, 2.75) is 25.5 Å². The van der Waals surface area contributed by atoms with Crippen LogP contribution in [-0.4, -0.2) is 36.0 Å². The number of amidine groups is 1. The van der Waals surface area contributed by atoms with Crippen LogP contribution in [0.5, 0.6) is 0 Å². The summed E-state index contributed by atoms with van der Waals surface area (Å²) in [7, 11) is 0. The molecular weight excluding hydrogens is 168 g/mol. The second kappa shape index (κ2) is 2.54. The molecular formula is C9H12N2O2. The number of carbonyl (C=O) groups excluding carboxylic acids is 1. The quantitative estimate of drug-likeness (QED) is 0.541. The minimum atomic E-state index is -0.156. The van der Waals surface area contributed by atoms with E-state index in [0.717, 1.165) is 31.6 Å². The Labute approximate surface area is 76.6 Å². The van der Waals surface area contributed by atoms with Crippen LogP contribution in [0.1, 0.15) is 19.3 Å². The molecule has 3 rings (SSSR count). The Hall–Kier alpha value is -0.900. The van der Waals surface area contributed by atoms with Gasteiger partial charge in [0.25, 0.3) is 0 Å². The second-order valence-corrected chi connectivity index (χ2v) is 3.80. The molecule has 3 heterocycles. The fourth-order valence-corrected chi connectivity index (χ4v) is 2.33. The van der Waals surface area contributed by atoms with Crippen LogP contribution in [0.4, 0.5) is 0 Å². The first-order valence-corrected chi connectivity index (χ1v) is 4.86. The largest absolute Gasteiger partial charge is 0.356 e. The molecule has 0 radical (unpaired) electrons. The molecule has 0 saturated carbocycles. The van der Waals surface area contributed by atoms with Gasteiger partial charge in [0.1, 0.15) is 5.84 Å². The van der Waals surface area contributed by atoms with Gasteiger partial charge in [-0.05, 0) is 12.8 Å². The Morgan fingerprint density at radius 1 is 1.54 bits per heavy atom. The van der Waals surface area contributed by atoms with Gasteiger partial charge < -0.3 is 9.64 Å². The number of hydrogen-bond acceptors (Lipinski definition) is 3. The number of ether oxygens (including phenoxy) is 1. The van der Waals surface area contributed by atoms with E-state index in [1.165, 1.54) is 0 Å². The van der Waals surface area contributed by atoms with Crippen molar-refractivity contribution in [2.75, 3.05) is 13.2 Å². The van der Waals surface area contributed by atoms with E-state index in [0.29, 0.717) is 6.61 Å². The van der Waals surface area contributed by atoms with Crippen LogP contribution in [0.25, 0.3) is 0 Å². The highest BCUT2D eigenvalue weighted by Crippen LogP contribution is 2.31. The minimum absolute atomic E-state index is 0.0156. The maximum Gasteiger partial charge on any atom is 0.235 e. The van der Waals surface area contributed by atoms with Crippen LogP contribution in [0.3, 0.4) is 0 Å². The molecule has 4 heteroatoms. The van der Waals surface area contributed by atoms with Gasteiger partial charge >= 0.3 is 0 Å². The number of carbonyl (C=O) groups is 1. The van der Waals surface area contributed by atoms with Gasteiger partial charge in [-0.25, -0.2) is 4.99 Å². The van der Waals surface area contributed by atoms with Crippen molar-refractivity contribution in [1.29, 1.82) is 0 Å². The lowest BCUT2D eigenvalue weighted by Crippen LogP contribution is -2.44. The Bertz CT molecular complexity index is 287. The lowest BCUT2D eigenvalue weighted by Gasteiger charge is -2.28. The van der Waals surface area contributed by atoms with E-state index in [2.05, 4.69) is 4.99 Å². The Morgan fingerprint density at radius 3 is 3.38 bits per heavy atom. The average Bonchev–Trinajstić information content (AvgIpc) is 2.71. The van der Waals surface area contributed by atoms with Gasteiger partial charge in [0, 0.05) is 13.0 Å². The molecule has 2 atom stereocenters. The third kappa shape index (κ3) is 0.950. The van der Waals surface area contributed by atoms with Crippen LogP contribution >= 0.6 is 0 Å². The van der Waals surface area contributed by atoms with E-state index >= 15 is 0 Å². The predicted octanol–water partition coefficient (Wildman–Crippen LogP) is 0.383. The van der Waals surface area contributed by atoms with Crippen molar-refractivity contribution >= 4 is 11.7 Å². The molecule has 2 fully saturated rings. The van der Waals surface area contributed by atoms with Crippen LogP contribution in [-0.2, 0) is 9.53 Å². The lowest BCUT2D eigenvalue weighted by atomic mass is 10.0. The molecule has 0 aromatic heterocycles. The van der Waals surface area contributed by atoms with Crippen molar-refractivity contribution in [1.82, 2.24) is 4.90 Å². The second-order valence-electron chi connectivity index (χ2n) is 3.80. The predicted molar refractivity (Wildman–Crippen MR) is 46.2 cm³/mol. The van der Waals surface area contributed by atoms with Crippen LogP contribution < -0.4 is 0 Å². The zero-order chi connectivity index (χ0) is 8.84. The van der Waals surface area contributed by atoms with Gasteiger partial charge in [0.15, 0.2) is 6.23 Å². The summed E-state index contributed by atoms with van der Waals surface area (Å²) < 4.78 is 5.40. The van der Waals surface area contributed by atoms with E-state index in [-0.39, 0.29) is 18.1 Å². The van der Waals surface area contributed by atoms with E-state index < -0.39 is 0 Å².